The van der Waals surface area contributed by atoms with E-state index in [4.69, 9.17) is 21.4 Å². The molecule has 5 nitrogen and oxygen atoms in total. The van der Waals surface area contributed by atoms with Crippen molar-refractivity contribution in [3.8, 4) is 5.75 Å². The normalized spacial score (nSPS) is 11.7. The van der Waals surface area contributed by atoms with E-state index in [-0.39, 0.29) is 6.54 Å². The molecule has 0 spiro atoms. The molecule has 0 saturated carbocycles. The van der Waals surface area contributed by atoms with Crippen molar-refractivity contribution in [1.82, 2.24) is 5.32 Å². The first-order valence-corrected chi connectivity index (χ1v) is 5.67. The highest BCUT2D eigenvalue weighted by molar-refractivity contribution is 6.31. The summed E-state index contributed by atoms with van der Waals surface area (Å²) in [5.41, 5.74) is 0.618. The van der Waals surface area contributed by atoms with Crippen LogP contribution in [-0.4, -0.2) is 24.1 Å². The van der Waals surface area contributed by atoms with Crippen molar-refractivity contribution in [3.63, 3.8) is 0 Å². The number of carbonyl (C=O) groups is 2. The third kappa shape index (κ3) is 3.37. The second kappa shape index (κ2) is 6.26. The van der Waals surface area contributed by atoms with Crippen molar-refractivity contribution < 1.29 is 19.4 Å². The average Bonchev–Trinajstić information content (AvgIpc) is 2.35. The van der Waals surface area contributed by atoms with Gasteiger partial charge in [-0.25, -0.2) is 0 Å². The molecule has 2 N–H and O–H groups in total. The molecule has 0 aliphatic carbocycles. The molecule has 1 amide bonds. The maximum absolute atomic E-state index is 11.5. The standard InChI is InChI=1S/C12H14ClNO4/c1-7(12(16)17)11(15)14-6-8-9(13)4-3-5-10(8)18-2/h3-5,7H,6H2,1-2H3,(H,14,15)(H,16,17). The Hall–Kier alpha value is -1.75. The summed E-state index contributed by atoms with van der Waals surface area (Å²) in [5, 5.41) is 11.7. The number of carbonyl (C=O) groups excluding carboxylic acids is 1. The number of amides is 1. The molecule has 6 heteroatoms. The van der Waals surface area contributed by atoms with Gasteiger partial charge in [-0.05, 0) is 19.1 Å². The summed E-state index contributed by atoms with van der Waals surface area (Å²) >= 11 is 5.99. The van der Waals surface area contributed by atoms with E-state index in [2.05, 4.69) is 5.32 Å². The van der Waals surface area contributed by atoms with E-state index in [0.717, 1.165) is 0 Å². The molecule has 1 aromatic carbocycles. The Morgan fingerprint density at radius 3 is 2.72 bits per heavy atom. The number of hydrogen-bond acceptors (Lipinski definition) is 3. The number of carboxylic acid groups (broad SMARTS) is 1. The zero-order valence-electron chi connectivity index (χ0n) is 10.1. The fourth-order valence-corrected chi connectivity index (χ4v) is 1.58. The molecular formula is C12H14ClNO4. The number of aliphatic carboxylic acids is 1. The summed E-state index contributed by atoms with van der Waals surface area (Å²) in [4.78, 5) is 22.1. The van der Waals surface area contributed by atoms with Crippen LogP contribution in [0.1, 0.15) is 12.5 Å². The van der Waals surface area contributed by atoms with Gasteiger partial charge in [0.05, 0.1) is 7.11 Å². The average molecular weight is 272 g/mol. The highest BCUT2D eigenvalue weighted by atomic mass is 35.5. The Balaban J connectivity index is 2.75. The van der Waals surface area contributed by atoms with Crippen molar-refractivity contribution in [2.45, 2.75) is 13.5 Å². The van der Waals surface area contributed by atoms with Crippen molar-refractivity contribution in [3.05, 3.63) is 28.8 Å². The zero-order valence-corrected chi connectivity index (χ0v) is 10.8. The van der Waals surface area contributed by atoms with E-state index in [1.807, 2.05) is 0 Å². The van der Waals surface area contributed by atoms with Crippen molar-refractivity contribution >= 4 is 23.5 Å². The second-order valence-corrected chi connectivity index (χ2v) is 4.11. The van der Waals surface area contributed by atoms with Gasteiger partial charge in [0.25, 0.3) is 0 Å². The van der Waals surface area contributed by atoms with Gasteiger partial charge in [-0.2, -0.15) is 0 Å². The largest absolute Gasteiger partial charge is 0.496 e. The molecule has 18 heavy (non-hydrogen) atoms. The van der Waals surface area contributed by atoms with Crippen molar-refractivity contribution in [2.24, 2.45) is 5.92 Å². The summed E-state index contributed by atoms with van der Waals surface area (Å²) in [7, 11) is 1.50. The summed E-state index contributed by atoms with van der Waals surface area (Å²) in [6, 6.07) is 5.12. The van der Waals surface area contributed by atoms with E-state index in [1.54, 1.807) is 18.2 Å². The lowest BCUT2D eigenvalue weighted by atomic mass is 10.1. The quantitative estimate of drug-likeness (QED) is 0.799. The van der Waals surface area contributed by atoms with Crippen molar-refractivity contribution in [1.29, 1.82) is 0 Å². The fraction of sp³-hybridized carbons (Fsp3) is 0.333. The number of carboxylic acids is 1. The number of ether oxygens (including phenoxy) is 1. The van der Waals surface area contributed by atoms with Gasteiger partial charge >= 0.3 is 5.97 Å². The van der Waals surface area contributed by atoms with Gasteiger partial charge in [-0.3, -0.25) is 9.59 Å². The molecule has 0 saturated heterocycles. The number of nitrogens with one attached hydrogen (secondary N) is 1. The van der Waals surface area contributed by atoms with Crippen LogP contribution in [-0.2, 0) is 16.1 Å². The predicted octanol–water partition coefficient (Wildman–Crippen LogP) is 1.69. The van der Waals surface area contributed by atoms with Gasteiger partial charge in [0.1, 0.15) is 11.7 Å². The number of rotatable bonds is 5. The Morgan fingerprint density at radius 2 is 2.17 bits per heavy atom. The van der Waals surface area contributed by atoms with Crippen LogP contribution in [0.4, 0.5) is 0 Å². The minimum absolute atomic E-state index is 0.124. The third-order valence-electron chi connectivity index (χ3n) is 2.50. The van der Waals surface area contributed by atoms with Gasteiger partial charge < -0.3 is 15.2 Å². The minimum atomic E-state index is -1.17. The van der Waals surface area contributed by atoms with Crippen LogP contribution in [0.15, 0.2) is 18.2 Å². The molecule has 0 aliphatic heterocycles. The Labute approximate surface area is 110 Å². The van der Waals surface area contributed by atoms with Gasteiger partial charge in [0, 0.05) is 17.1 Å². The molecule has 0 radical (unpaired) electrons. The summed E-state index contributed by atoms with van der Waals surface area (Å²) in [6.07, 6.45) is 0. The van der Waals surface area contributed by atoms with E-state index in [9.17, 15) is 9.59 Å². The van der Waals surface area contributed by atoms with Crippen LogP contribution in [0, 0.1) is 5.92 Å². The van der Waals surface area contributed by atoms with E-state index in [1.165, 1.54) is 14.0 Å². The van der Waals surface area contributed by atoms with Crippen molar-refractivity contribution in [2.75, 3.05) is 7.11 Å². The van der Waals surface area contributed by atoms with Crippen LogP contribution in [0.25, 0.3) is 0 Å². The number of benzene rings is 1. The van der Waals surface area contributed by atoms with Crippen LogP contribution in [0.5, 0.6) is 5.75 Å². The fourth-order valence-electron chi connectivity index (χ4n) is 1.34. The lowest BCUT2D eigenvalue weighted by molar-refractivity contribution is -0.146. The number of halogens is 1. The molecule has 0 heterocycles. The highest BCUT2D eigenvalue weighted by Gasteiger charge is 2.20. The summed E-state index contributed by atoms with van der Waals surface area (Å²) < 4.78 is 5.11. The maximum Gasteiger partial charge on any atom is 0.315 e. The molecule has 0 aliphatic rings. The topological polar surface area (TPSA) is 75.6 Å². The molecular weight excluding hydrogens is 258 g/mol. The van der Waals surface area contributed by atoms with E-state index < -0.39 is 17.8 Å². The number of hydrogen-bond donors (Lipinski definition) is 2. The highest BCUT2D eigenvalue weighted by Crippen LogP contribution is 2.25. The Kier molecular flexibility index (Phi) is 4.97. The summed E-state index contributed by atoms with van der Waals surface area (Å²) in [6.45, 7) is 1.45. The number of methoxy groups -OCH3 is 1. The zero-order chi connectivity index (χ0) is 13.7. The summed E-state index contributed by atoms with van der Waals surface area (Å²) in [5.74, 6) is -2.28. The van der Waals surface area contributed by atoms with Crippen LogP contribution >= 0.6 is 11.6 Å². The molecule has 1 unspecified atom stereocenters. The third-order valence-corrected chi connectivity index (χ3v) is 2.85. The Morgan fingerprint density at radius 1 is 1.50 bits per heavy atom. The maximum atomic E-state index is 11.5. The lowest BCUT2D eigenvalue weighted by Crippen LogP contribution is -2.33. The first-order chi connectivity index (χ1) is 8.47. The van der Waals surface area contributed by atoms with Crippen LogP contribution in [0.2, 0.25) is 5.02 Å². The second-order valence-electron chi connectivity index (χ2n) is 3.70. The van der Waals surface area contributed by atoms with Gasteiger partial charge in [0.2, 0.25) is 5.91 Å². The molecule has 0 bridgehead atoms. The molecule has 1 aromatic rings. The SMILES string of the molecule is COc1cccc(Cl)c1CNC(=O)C(C)C(=O)O. The first-order valence-electron chi connectivity index (χ1n) is 5.29. The molecule has 1 atom stereocenters. The molecule has 0 aromatic heterocycles. The van der Waals surface area contributed by atoms with Gasteiger partial charge in [0.15, 0.2) is 0 Å². The van der Waals surface area contributed by atoms with Gasteiger partial charge in [-0.15, -0.1) is 0 Å². The Bertz CT molecular complexity index is 461. The van der Waals surface area contributed by atoms with Crippen LogP contribution < -0.4 is 10.1 Å². The van der Waals surface area contributed by atoms with E-state index in [0.29, 0.717) is 16.3 Å². The predicted molar refractivity (Wildman–Crippen MR) is 66.7 cm³/mol. The van der Waals surface area contributed by atoms with Crippen LogP contribution in [0.3, 0.4) is 0 Å². The van der Waals surface area contributed by atoms with Gasteiger partial charge in [-0.1, -0.05) is 17.7 Å². The molecule has 98 valence electrons. The molecule has 0 fully saturated rings. The lowest BCUT2D eigenvalue weighted by Gasteiger charge is -2.12. The van der Waals surface area contributed by atoms with E-state index >= 15 is 0 Å². The first kappa shape index (κ1) is 14.3. The molecule has 1 rings (SSSR count). The minimum Gasteiger partial charge on any atom is -0.496 e. The monoisotopic (exact) mass is 271 g/mol. The smallest absolute Gasteiger partial charge is 0.315 e.